The molecule has 1 aliphatic heterocycles. The smallest absolute Gasteiger partial charge is 0.407 e. The number of esters is 3. The first-order valence-corrected chi connectivity index (χ1v) is 13.8. The van der Waals surface area contributed by atoms with Gasteiger partial charge in [0.2, 0.25) is 0 Å². The minimum Gasteiger partial charge on any atom is -0.469 e. The number of carbonyl (C=O) groups excluding carboxylic acids is 4. The molecular formula is C28H41NO13. The summed E-state index contributed by atoms with van der Waals surface area (Å²) in [6.45, 7) is 1.71. The highest BCUT2D eigenvalue weighted by atomic mass is 16.7. The second-order valence-electron chi connectivity index (χ2n) is 9.77. The van der Waals surface area contributed by atoms with Crippen LogP contribution in [0.4, 0.5) is 4.79 Å². The Morgan fingerprint density at radius 1 is 0.881 bits per heavy atom. The van der Waals surface area contributed by atoms with Crippen LogP contribution in [0.3, 0.4) is 0 Å². The molecule has 1 heterocycles. The number of nitrogens with one attached hydrogen (secondary N) is 1. The molecule has 1 aromatic carbocycles. The summed E-state index contributed by atoms with van der Waals surface area (Å²) < 4.78 is 31.3. The molecular weight excluding hydrogens is 558 g/mol. The summed E-state index contributed by atoms with van der Waals surface area (Å²) in [5.41, 5.74) is 0.332. The number of amides is 1. The number of hydrogen-bond donors (Lipinski definition) is 4. The van der Waals surface area contributed by atoms with Gasteiger partial charge in [0, 0.05) is 32.9 Å². The van der Waals surface area contributed by atoms with Gasteiger partial charge in [-0.15, -0.1) is 0 Å². The molecule has 5 atom stereocenters. The number of alkyl carbamates (subject to hydrolysis) is 1. The minimum atomic E-state index is -1.54. The van der Waals surface area contributed by atoms with E-state index in [2.05, 4.69) is 10.1 Å². The molecule has 0 saturated carbocycles. The van der Waals surface area contributed by atoms with Crippen molar-refractivity contribution in [1.82, 2.24) is 5.32 Å². The van der Waals surface area contributed by atoms with E-state index < -0.39 is 55.3 Å². The fourth-order valence-corrected chi connectivity index (χ4v) is 4.25. The average molecular weight is 600 g/mol. The van der Waals surface area contributed by atoms with Crippen LogP contribution in [0.15, 0.2) is 18.2 Å². The van der Waals surface area contributed by atoms with Crippen LogP contribution in [0.2, 0.25) is 0 Å². The van der Waals surface area contributed by atoms with Gasteiger partial charge in [0.05, 0.1) is 13.7 Å². The summed E-state index contributed by atoms with van der Waals surface area (Å²) in [6, 6.07) is 2.94. The van der Waals surface area contributed by atoms with Crippen LogP contribution in [-0.4, -0.2) is 90.3 Å². The highest BCUT2D eigenvalue weighted by Crippen LogP contribution is 2.25. The first kappa shape index (κ1) is 34.9. The van der Waals surface area contributed by atoms with E-state index in [1.54, 1.807) is 0 Å². The SMILES string of the molecule is COC(=O)CCCCCCCCO[C@@H]1OC(CO)[C@@H](O)C(O)C1NC(=O)OCc1cc(OC(C)=O)cc(OC(C)=O)c1. The summed E-state index contributed by atoms with van der Waals surface area (Å²) in [6.07, 6.45) is -0.930. The number of unbranched alkanes of at least 4 members (excludes halogenated alkanes) is 5. The van der Waals surface area contributed by atoms with Crippen molar-refractivity contribution in [2.75, 3.05) is 20.3 Å². The van der Waals surface area contributed by atoms with Crippen LogP contribution < -0.4 is 14.8 Å². The Morgan fingerprint density at radius 2 is 1.48 bits per heavy atom. The number of benzene rings is 1. The maximum absolute atomic E-state index is 12.6. The van der Waals surface area contributed by atoms with E-state index in [9.17, 15) is 34.5 Å². The Labute approximate surface area is 244 Å². The van der Waals surface area contributed by atoms with Crippen molar-refractivity contribution in [2.45, 2.75) is 96.0 Å². The van der Waals surface area contributed by atoms with E-state index in [0.29, 0.717) is 18.4 Å². The molecule has 14 heteroatoms. The highest BCUT2D eigenvalue weighted by molar-refractivity contribution is 5.71. The number of rotatable bonds is 16. The van der Waals surface area contributed by atoms with Gasteiger partial charge in [-0.05, 0) is 30.5 Å². The van der Waals surface area contributed by atoms with E-state index >= 15 is 0 Å². The van der Waals surface area contributed by atoms with Gasteiger partial charge in [-0.3, -0.25) is 14.4 Å². The number of methoxy groups -OCH3 is 1. The van der Waals surface area contributed by atoms with Crippen molar-refractivity contribution in [2.24, 2.45) is 0 Å². The third-order valence-corrected chi connectivity index (χ3v) is 6.28. The van der Waals surface area contributed by atoms with Crippen LogP contribution in [0.5, 0.6) is 11.5 Å². The van der Waals surface area contributed by atoms with Crippen LogP contribution in [0, 0.1) is 0 Å². The third-order valence-electron chi connectivity index (χ3n) is 6.28. The lowest BCUT2D eigenvalue weighted by molar-refractivity contribution is -0.269. The molecule has 236 valence electrons. The Kier molecular flexibility index (Phi) is 15.2. The Balaban J connectivity index is 1.91. The lowest BCUT2D eigenvalue weighted by atomic mass is 9.97. The van der Waals surface area contributed by atoms with Crippen LogP contribution in [0.1, 0.15) is 64.4 Å². The van der Waals surface area contributed by atoms with Gasteiger partial charge < -0.3 is 49.1 Å². The predicted molar refractivity (Wildman–Crippen MR) is 144 cm³/mol. The standard InChI is InChI=1S/C28H41NO13/c1-17(31)40-20-12-19(13-21(14-20)41-18(2)32)16-39-28(36)29-24-26(35)25(34)22(15-30)42-27(24)38-11-9-7-5-4-6-8-10-23(33)37-3/h12-14,22,24-27,30,34-35H,4-11,15-16H2,1-3H3,(H,29,36)/t22?,24?,25-,26?,27-/m1/s1. The molecule has 14 nitrogen and oxygen atoms in total. The molecule has 1 aromatic rings. The lowest BCUT2D eigenvalue weighted by Crippen LogP contribution is -2.64. The summed E-state index contributed by atoms with van der Waals surface area (Å²) in [7, 11) is 1.36. The Bertz CT molecular complexity index is 999. The first-order chi connectivity index (χ1) is 20.0. The van der Waals surface area contributed by atoms with Crippen molar-refractivity contribution in [3.05, 3.63) is 23.8 Å². The van der Waals surface area contributed by atoms with Crippen molar-refractivity contribution >= 4 is 24.0 Å². The molecule has 4 N–H and O–H groups in total. The second-order valence-corrected chi connectivity index (χ2v) is 9.77. The first-order valence-electron chi connectivity index (χ1n) is 13.8. The number of ether oxygens (including phenoxy) is 6. The van der Waals surface area contributed by atoms with Gasteiger partial charge in [0.25, 0.3) is 0 Å². The summed E-state index contributed by atoms with van der Waals surface area (Å²) in [4.78, 5) is 46.5. The van der Waals surface area contributed by atoms with E-state index in [1.807, 2.05) is 0 Å². The van der Waals surface area contributed by atoms with Gasteiger partial charge in [0.1, 0.15) is 42.5 Å². The van der Waals surface area contributed by atoms with Gasteiger partial charge in [-0.2, -0.15) is 0 Å². The fourth-order valence-electron chi connectivity index (χ4n) is 4.25. The third kappa shape index (κ3) is 12.3. The Morgan fingerprint density at radius 3 is 2.05 bits per heavy atom. The molecule has 1 aliphatic rings. The van der Waals surface area contributed by atoms with E-state index in [-0.39, 0.29) is 30.7 Å². The number of aliphatic hydroxyl groups excluding tert-OH is 3. The van der Waals surface area contributed by atoms with Gasteiger partial charge in [0.15, 0.2) is 6.29 Å². The number of aliphatic hydroxyl groups is 3. The molecule has 3 unspecified atom stereocenters. The zero-order valence-corrected chi connectivity index (χ0v) is 24.1. The predicted octanol–water partition coefficient (Wildman–Crippen LogP) is 1.49. The molecule has 0 radical (unpaired) electrons. The summed E-state index contributed by atoms with van der Waals surface area (Å²) in [5, 5.41) is 32.9. The molecule has 2 rings (SSSR count). The normalized spacial score (nSPS) is 21.7. The van der Waals surface area contributed by atoms with Crippen molar-refractivity contribution in [3.63, 3.8) is 0 Å². The summed E-state index contributed by atoms with van der Waals surface area (Å²) >= 11 is 0. The van der Waals surface area contributed by atoms with Gasteiger partial charge >= 0.3 is 24.0 Å². The minimum absolute atomic E-state index is 0.0733. The molecule has 0 aliphatic carbocycles. The largest absolute Gasteiger partial charge is 0.469 e. The monoisotopic (exact) mass is 599 g/mol. The zero-order valence-electron chi connectivity index (χ0n) is 24.1. The molecule has 0 bridgehead atoms. The van der Waals surface area contributed by atoms with E-state index in [1.165, 1.54) is 39.2 Å². The second kappa shape index (κ2) is 18.3. The summed E-state index contributed by atoms with van der Waals surface area (Å²) in [5.74, 6) is -1.29. The van der Waals surface area contributed by atoms with Crippen molar-refractivity contribution in [3.8, 4) is 11.5 Å². The molecule has 1 fully saturated rings. The topological polar surface area (TPSA) is 196 Å². The highest BCUT2D eigenvalue weighted by Gasteiger charge is 2.45. The van der Waals surface area contributed by atoms with E-state index in [0.717, 1.165) is 32.1 Å². The van der Waals surface area contributed by atoms with E-state index in [4.69, 9.17) is 23.7 Å². The van der Waals surface area contributed by atoms with Crippen LogP contribution >= 0.6 is 0 Å². The number of carbonyl (C=O) groups is 4. The van der Waals surface area contributed by atoms with Crippen molar-refractivity contribution in [1.29, 1.82) is 0 Å². The lowest BCUT2D eigenvalue weighted by Gasteiger charge is -2.42. The van der Waals surface area contributed by atoms with Crippen LogP contribution in [0.25, 0.3) is 0 Å². The molecule has 0 spiro atoms. The molecule has 42 heavy (non-hydrogen) atoms. The maximum Gasteiger partial charge on any atom is 0.407 e. The zero-order chi connectivity index (χ0) is 31.1. The fraction of sp³-hybridized carbons (Fsp3) is 0.643. The van der Waals surface area contributed by atoms with Gasteiger partial charge in [-0.1, -0.05) is 25.7 Å². The maximum atomic E-state index is 12.6. The molecule has 1 amide bonds. The van der Waals surface area contributed by atoms with Crippen LogP contribution in [-0.2, 0) is 39.9 Å². The number of hydrogen-bond acceptors (Lipinski definition) is 13. The average Bonchev–Trinajstić information content (AvgIpc) is 2.93. The molecule has 1 saturated heterocycles. The molecule has 0 aromatic heterocycles. The Hall–Kier alpha value is -3.30. The quantitative estimate of drug-likeness (QED) is 0.121. The van der Waals surface area contributed by atoms with Gasteiger partial charge in [-0.25, -0.2) is 4.79 Å². The van der Waals surface area contributed by atoms with Crippen molar-refractivity contribution < 1.29 is 62.9 Å².